The molecule has 2 unspecified atom stereocenters. The number of ether oxygens (including phenoxy) is 4. The number of hydrogen-bond acceptors (Lipinski definition) is 21. The second kappa shape index (κ2) is 52.5. The molecule has 30 heteroatoms. The smallest absolute Gasteiger partial charge is 0.409 e. The van der Waals surface area contributed by atoms with Crippen LogP contribution < -0.4 is 5.32 Å². The summed E-state index contributed by atoms with van der Waals surface area (Å²) in [5, 5.41) is 3.27. The highest BCUT2D eigenvalue weighted by atomic mass is 16.6. The van der Waals surface area contributed by atoms with Crippen LogP contribution in [0.3, 0.4) is 0 Å². The predicted molar refractivity (Wildman–Crippen MR) is 465 cm³/mol. The molecule has 1 N–H and O–H groups in total. The molecule has 0 spiro atoms. The van der Waals surface area contributed by atoms with Gasteiger partial charge >= 0.3 is 24.0 Å². The zero-order chi connectivity index (χ0) is 90.4. The Bertz CT molecular complexity index is 3040. The molecule has 0 saturated carbocycles. The number of piperazine rings is 6. The number of likely N-dealkylation sites (tertiary alicyclic amines) is 1. The van der Waals surface area contributed by atoms with Crippen LogP contribution in [0.5, 0.6) is 0 Å². The lowest BCUT2D eigenvalue weighted by Crippen LogP contribution is -2.55. The van der Waals surface area contributed by atoms with Gasteiger partial charge in [0.15, 0.2) is 0 Å². The van der Waals surface area contributed by atoms with E-state index in [1.807, 2.05) is 187 Å². The number of piperidine rings is 1. The summed E-state index contributed by atoms with van der Waals surface area (Å²) in [5.41, 5.74) is -1.87. The minimum Gasteiger partial charge on any atom is -0.466 e. The predicted octanol–water partition coefficient (Wildman–Crippen LogP) is 8.27. The number of carbonyl (C=O) groups excluding carboxylic acids is 12. The monoisotopic (exact) mass is 1680 g/mol. The molecule has 0 aromatic carbocycles. The Morgan fingerprint density at radius 1 is 0.390 bits per heavy atom. The highest BCUT2D eigenvalue weighted by Crippen LogP contribution is 2.28. The van der Waals surface area contributed by atoms with Crippen LogP contribution in [0.15, 0.2) is 0 Å². The van der Waals surface area contributed by atoms with E-state index in [1.165, 1.54) is 12.8 Å². The van der Waals surface area contributed by atoms with Crippen LogP contribution in [0.2, 0.25) is 0 Å². The van der Waals surface area contributed by atoms with E-state index in [1.54, 1.807) is 37.7 Å². The first-order valence-corrected chi connectivity index (χ1v) is 43.9. The lowest BCUT2D eigenvalue weighted by atomic mass is 9.90. The second-order valence-electron chi connectivity index (χ2n) is 38.1. The third-order valence-corrected chi connectivity index (χ3v) is 21.4. The number of hydrogen-bond donors (Lipinski definition) is 1. The molecule has 2 atom stereocenters. The average molecular weight is 1680 g/mol. The summed E-state index contributed by atoms with van der Waals surface area (Å²) in [5.74, 6) is 1.45. The highest BCUT2D eigenvalue weighted by molar-refractivity contribution is 5.85. The minimum absolute atomic E-state index is 0.113. The molecule has 7 aliphatic rings. The average Bonchev–Trinajstić information content (AvgIpc) is 0.854. The molecule has 30 nitrogen and oxygen atoms in total. The maximum atomic E-state index is 12.1. The first-order chi connectivity index (χ1) is 54.6. The van der Waals surface area contributed by atoms with Gasteiger partial charge in [-0.1, -0.05) is 138 Å². The molecule has 7 aliphatic heterocycles. The Kier molecular flexibility index (Phi) is 48.6. The van der Waals surface area contributed by atoms with E-state index in [4.69, 9.17) is 18.9 Å². The van der Waals surface area contributed by atoms with Crippen molar-refractivity contribution >= 4 is 71.3 Å². The number of rotatable bonds is 16. The van der Waals surface area contributed by atoms with Crippen molar-refractivity contribution in [1.82, 2.24) is 69.0 Å². The fourth-order valence-electron chi connectivity index (χ4n) is 14.1. The first-order valence-electron chi connectivity index (χ1n) is 43.9. The van der Waals surface area contributed by atoms with Gasteiger partial charge in [-0.25, -0.2) is 4.79 Å². The maximum absolute atomic E-state index is 12.1. The van der Waals surface area contributed by atoms with Gasteiger partial charge in [-0.3, -0.25) is 72.3 Å². The summed E-state index contributed by atoms with van der Waals surface area (Å²) in [6, 6.07) is 0.923. The van der Waals surface area contributed by atoms with Gasteiger partial charge in [0.2, 0.25) is 47.3 Å². The van der Waals surface area contributed by atoms with Crippen molar-refractivity contribution in [3.05, 3.63) is 0 Å². The van der Waals surface area contributed by atoms with Crippen molar-refractivity contribution in [3.8, 4) is 0 Å². The van der Waals surface area contributed by atoms with Crippen molar-refractivity contribution in [2.24, 2.45) is 38.4 Å². The zero-order valence-electron chi connectivity index (χ0n) is 79.3. The van der Waals surface area contributed by atoms with Crippen LogP contribution in [-0.2, 0) is 71.7 Å². The molecule has 9 amide bonds. The van der Waals surface area contributed by atoms with Crippen LogP contribution in [0, 0.1) is 38.4 Å². The molecular formula is C88H166N14O16. The standard InChI is InChI=1S/2C14H26N2O3.C14H28N2O.C14H25NO3.C13H25N3O2.C12H22N2O3.C7H14N2O/c1-6-19-12(17)11(2)15-7-9-16(10-8-15)13(18)14(3,4)5;1-5-19-12(17)6-7-15-8-10-16(11-9-15)13(18)14(2,3)4;1-6-12(7-2)15-8-10-16(11-9-15)13(17)14(3,4)5;1-5-18-12(16)10-11-6-8-15(9-7-11)13(17)14(2,3)4;1-13(2,3)12(18)16-8-6-15(7-9-16)10-11(17)14(4)5;1-5-17-11(16)14-8-6-13(7-9-14)10(15)12(2,3)4;1-6-5-9(7(2)10)4-3-8-6/h11H,6-10H2,1-5H3;5-11H2,1-4H3;12H,6-11H2,1-5H3;11H,5-10H2,1-4H3;6-10H2,1-5H3;5-9H2,1-4H3;6,8H,3-5H2,1-2H3. The van der Waals surface area contributed by atoms with Crippen LogP contribution in [0.25, 0.3) is 0 Å². The summed E-state index contributed by atoms with van der Waals surface area (Å²) < 4.78 is 19.8. The van der Waals surface area contributed by atoms with Crippen molar-refractivity contribution in [2.75, 3.05) is 217 Å². The topological polar surface area (TPSA) is 296 Å². The van der Waals surface area contributed by atoms with Crippen LogP contribution >= 0.6 is 0 Å². The largest absolute Gasteiger partial charge is 0.466 e. The molecule has 7 fully saturated rings. The number of amides is 9. The molecule has 0 aliphatic carbocycles. The van der Waals surface area contributed by atoms with Gasteiger partial charge in [0.1, 0.15) is 6.04 Å². The number of nitrogens with one attached hydrogen (secondary N) is 1. The Labute approximate surface area is 712 Å². The molecule has 7 heterocycles. The Morgan fingerprint density at radius 2 is 0.712 bits per heavy atom. The first kappa shape index (κ1) is 109. The summed E-state index contributed by atoms with van der Waals surface area (Å²) in [7, 11) is 3.53. The Balaban J connectivity index is 0.000000692. The van der Waals surface area contributed by atoms with Gasteiger partial charge in [0, 0.05) is 242 Å². The van der Waals surface area contributed by atoms with Crippen molar-refractivity contribution in [1.29, 1.82) is 0 Å². The summed E-state index contributed by atoms with van der Waals surface area (Å²) in [6.07, 6.45) is 4.87. The van der Waals surface area contributed by atoms with Crippen molar-refractivity contribution in [2.45, 2.75) is 244 Å². The molecular weight excluding hydrogens is 1510 g/mol. The number of nitrogens with zero attached hydrogens (tertiary/aromatic N) is 13. The molecule has 684 valence electrons. The third kappa shape index (κ3) is 41.2. The molecule has 0 radical (unpaired) electrons. The molecule has 0 aromatic rings. The molecule has 118 heavy (non-hydrogen) atoms. The van der Waals surface area contributed by atoms with E-state index in [-0.39, 0.29) is 104 Å². The van der Waals surface area contributed by atoms with E-state index in [0.29, 0.717) is 109 Å². The molecule has 0 bridgehead atoms. The third-order valence-electron chi connectivity index (χ3n) is 21.4. The summed E-state index contributed by atoms with van der Waals surface area (Å²) >= 11 is 0. The van der Waals surface area contributed by atoms with Gasteiger partial charge in [-0.05, 0) is 73.1 Å². The van der Waals surface area contributed by atoms with E-state index in [9.17, 15) is 57.5 Å². The summed E-state index contributed by atoms with van der Waals surface area (Å²) in [4.78, 5) is 166. The zero-order valence-corrected chi connectivity index (χ0v) is 79.3. The number of likely N-dealkylation sites (N-methyl/N-ethyl adjacent to an activating group) is 1. The second-order valence-corrected chi connectivity index (χ2v) is 38.1. The van der Waals surface area contributed by atoms with Crippen LogP contribution in [-0.4, -0.2) is 370 Å². The van der Waals surface area contributed by atoms with Gasteiger partial charge < -0.3 is 68.4 Å². The SMILES string of the molecule is CC(=O)N1CCNC(C)C1.CCC(CC)N1CCN(C(=O)C(C)(C)C)CC1.CCOC(=O)C(C)N1CCN(C(=O)C(C)(C)C)CC1.CCOC(=O)CC1CCN(C(=O)C(C)(C)C)CC1.CCOC(=O)CCN1CCN(C(=O)C(C)(C)C)CC1.CCOC(=O)N1CCN(C(=O)C(C)(C)C)CC1.CN(C)C(=O)CN1CCN(C(=O)C(C)(C)C)CC1. The maximum Gasteiger partial charge on any atom is 0.409 e. The Morgan fingerprint density at radius 3 is 1.03 bits per heavy atom. The highest BCUT2D eigenvalue weighted by Gasteiger charge is 2.38. The number of esters is 3. The normalized spacial score (nSPS) is 18.7. The van der Waals surface area contributed by atoms with Crippen LogP contribution in [0.4, 0.5) is 4.79 Å². The van der Waals surface area contributed by atoms with Crippen LogP contribution in [0.1, 0.15) is 225 Å². The number of carbonyl (C=O) groups is 12. The van der Waals surface area contributed by atoms with Crippen molar-refractivity contribution < 1.29 is 76.5 Å². The van der Waals surface area contributed by atoms with Gasteiger partial charge in [0.05, 0.1) is 39.4 Å². The fraction of sp³-hybridized carbons (Fsp3) is 0.864. The van der Waals surface area contributed by atoms with E-state index in [0.717, 1.165) is 144 Å². The lowest BCUT2D eigenvalue weighted by Gasteiger charge is -2.40. The van der Waals surface area contributed by atoms with Crippen molar-refractivity contribution in [3.63, 3.8) is 0 Å². The lowest BCUT2D eigenvalue weighted by molar-refractivity contribution is -0.151. The molecule has 7 rings (SSSR count). The Hall–Kier alpha value is -6.76. The van der Waals surface area contributed by atoms with Gasteiger partial charge in [-0.15, -0.1) is 0 Å². The van der Waals surface area contributed by atoms with E-state index < -0.39 is 0 Å². The van der Waals surface area contributed by atoms with E-state index >= 15 is 0 Å². The molecule has 0 aromatic heterocycles. The van der Waals surface area contributed by atoms with Gasteiger partial charge in [-0.2, -0.15) is 0 Å². The fourth-order valence-corrected chi connectivity index (χ4v) is 14.1. The quantitative estimate of drug-likeness (QED) is 0.112. The van der Waals surface area contributed by atoms with E-state index in [2.05, 4.69) is 45.7 Å². The minimum atomic E-state index is -0.355. The molecule has 7 saturated heterocycles. The summed E-state index contributed by atoms with van der Waals surface area (Å²) in [6.45, 7) is 74.5. The van der Waals surface area contributed by atoms with Gasteiger partial charge in [0.25, 0.3) is 0 Å².